The van der Waals surface area contributed by atoms with Crippen LogP contribution in [0.2, 0.25) is 0 Å². The van der Waals surface area contributed by atoms with Gasteiger partial charge in [-0.25, -0.2) is 9.78 Å². The Hall–Kier alpha value is -0.920. The zero-order valence-electron chi connectivity index (χ0n) is 7.07. The van der Waals surface area contributed by atoms with Crippen molar-refractivity contribution in [1.82, 2.24) is 9.97 Å². The van der Waals surface area contributed by atoms with Crippen LogP contribution in [0.1, 0.15) is 10.5 Å². The molecule has 0 spiro atoms. The van der Waals surface area contributed by atoms with Crippen LogP contribution in [0.5, 0.6) is 5.88 Å². The van der Waals surface area contributed by atoms with Crippen LogP contribution in [0.15, 0.2) is 6.07 Å². The zero-order valence-corrected chi connectivity index (χ0v) is 9.23. The highest BCUT2D eigenvalue weighted by Crippen LogP contribution is 2.10. The SMILES string of the molecule is COC(=O)c1cc(OC)nc(I)n1. The van der Waals surface area contributed by atoms with Crippen molar-refractivity contribution in [2.45, 2.75) is 0 Å². The number of hydrogen-bond donors (Lipinski definition) is 0. The normalized spacial score (nSPS) is 9.46. The molecular weight excluding hydrogens is 287 g/mol. The molecule has 0 aliphatic heterocycles. The predicted molar refractivity (Wildman–Crippen MR) is 52.6 cm³/mol. The van der Waals surface area contributed by atoms with E-state index in [2.05, 4.69) is 14.7 Å². The number of rotatable bonds is 2. The van der Waals surface area contributed by atoms with Crippen molar-refractivity contribution in [2.24, 2.45) is 0 Å². The van der Waals surface area contributed by atoms with Gasteiger partial charge < -0.3 is 9.47 Å². The monoisotopic (exact) mass is 294 g/mol. The van der Waals surface area contributed by atoms with Crippen LogP contribution in [0.3, 0.4) is 0 Å². The molecule has 0 radical (unpaired) electrons. The third kappa shape index (κ3) is 2.51. The fourth-order valence-electron chi connectivity index (χ4n) is 0.711. The molecule has 0 unspecified atom stereocenters. The third-order valence-electron chi connectivity index (χ3n) is 1.28. The van der Waals surface area contributed by atoms with Gasteiger partial charge >= 0.3 is 5.97 Å². The first-order chi connectivity index (χ1) is 6.17. The second-order valence-electron chi connectivity index (χ2n) is 2.06. The maximum atomic E-state index is 11.1. The van der Waals surface area contributed by atoms with Crippen LogP contribution >= 0.6 is 22.6 Å². The number of hydrogen-bond acceptors (Lipinski definition) is 5. The van der Waals surface area contributed by atoms with E-state index in [1.165, 1.54) is 20.3 Å². The Balaban J connectivity index is 3.08. The van der Waals surface area contributed by atoms with Crippen LogP contribution in [-0.2, 0) is 4.74 Å². The average Bonchev–Trinajstić information content (AvgIpc) is 2.15. The third-order valence-corrected chi connectivity index (χ3v) is 1.76. The number of ether oxygens (including phenoxy) is 2. The van der Waals surface area contributed by atoms with E-state index in [9.17, 15) is 4.79 Å². The highest BCUT2D eigenvalue weighted by Gasteiger charge is 2.10. The van der Waals surface area contributed by atoms with E-state index in [0.717, 1.165) is 0 Å². The van der Waals surface area contributed by atoms with E-state index in [0.29, 0.717) is 9.71 Å². The molecule has 5 nitrogen and oxygen atoms in total. The van der Waals surface area contributed by atoms with Crippen LogP contribution in [0.4, 0.5) is 0 Å². The van der Waals surface area contributed by atoms with E-state index in [-0.39, 0.29) is 5.69 Å². The summed E-state index contributed by atoms with van der Waals surface area (Å²) in [4.78, 5) is 18.9. The molecular formula is C7H7IN2O3. The Morgan fingerprint density at radius 1 is 1.46 bits per heavy atom. The summed E-state index contributed by atoms with van der Waals surface area (Å²) in [5.41, 5.74) is 0.193. The maximum Gasteiger partial charge on any atom is 0.356 e. The van der Waals surface area contributed by atoms with Gasteiger partial charge in [0.15, 0.2) is 9.53 Å². The highest BCUT2D eigenvalue weighted by molar-refractivity contribution is 14.1. The Kier molecular flexibility index (Phi) is 3.40. The largest absolute Gasteiger partial charge is 0.481 e. The van der Waals surface area contributed by atoms with Gasteiger partial charge in [-0.05, 0) is 0 Å². The summed E-state index contributed by atoms with van der Waals surface area (Å²) in [6.45, 7) is 0. The molecule has 13 heavy (non-hydrogen) atoms. The number of halogens is 1. The van der Waals surface area contributed by atoms with E-state index in [4.69, 9.17) is 4.74 Å². The summed E-state index contributed by atoms with van der Waals surface area (Å²) in [5, 5.41) is 0. The first kappa shape index (κ1) is 10.2. The Morgan fingerprint density at radius 3 is 2.69 bits per heavy atom. The molecule has 0 aliphatic rings. The first-order valence-corrected chi connectivity index (χ1v) is 4.42. The second-order valence-corrected chi connectivity index (χ2v) is 3.02. The summed E-state index contributed by atoms with van der Waals surface area (Å²) in [6.07, 6.45) is 0. The van der Waals surface area contributed by atoms with Crippen molar-refractivity contribution in [3.8, 4) is 5.88 Å². The molecule has 0 saturated heterocycles. The number of carbonyl (C=O) groups is 1. The van der Waals surface area contributed by atoms with Crippen LogP contribution < -0.4 is 4.74 Å². The smallest absolute Gasteiger partial charge is 0.356 e. The minimum Gasteiger partial charge on any atom is -0.481 e. The van der Waals surface area contributed by atoms with Crippen LogP contribution in [0, 0.1) is 3.83 Å². The molecule has 6 heteroatoms. The number of nitrogens with zero attached hydrogens (tertiary/aromatic N) is 2. The Labute approximate surface area is 88.6 Å². The van der Waals surface area contributed by atoms with E-state index < -0.39 is 5.97 Å². The van der Waals surface area contributed by atoms with Crippen molar-refractivity contribution >= 4 is 28.6 Å². The summed E-state index contributed by atoms with van der Waals surface area (Å²) in [5.74, 6) is -0.154. The lowest BCUT2D eigenvalue weighted by atomic mass is 10.4. The Bertz CT molecular complexity index is 330. The van der Waals surface area contributed by atoms with E-state index in [1.807, 2.05) is 22.6 Å². The zero-order chi connectivity index (χ0) is 9.84. The summed E-state index contributed by atoms with van der Waals surface area (Å²) in [7, 11) is 2.77. The quantitative estimate of drug-likeness (QED) is 0.460. The lowest BCUT2D eigenvalue weighted by molar-refractivity contribution is 0.0593. The van der Waals surface area contributed by atoms with Gasteiger partial charge in [0.2, 0.25) is 5.88 Å². The van der Waals surface area contributed by atoms with Gasteiger partial charge in [0.1, 0.15) is 0 Å². The molecule has 70 valence electrons. The van der Waals surface area contributed by atoms with Gasteiger partial charge in [-0.3, -0.25) is 0 Å². The number of aromatic nitrogens is 2. The molecule has 0 aliphatic carbocycles. The van der Waals surface area contributed by atoms with Gasteiger partial charge in [-0.15, -0.1) is 0 Å². The lowest BCUT2D eigenvalue weighted by Gasteiger charge is -2.01. The molecule has 0 N–H and O–H groups in total. The molecule has 0 aromatic carbocycles. The number of esters is 1. The van der Waals surface area contributed by atoms with Crippen molar-refractivity contribution in [3.63, 3.8) is 0 Å². The van der Waals surface area contributed by atoms with Gasteiger partial charge in [-0.2, -0.15) is 4.98 Å². The molecule has 0 amide bonds. The Morgan fingerprint density at radius 2 is 2.15 bits per heavy atom. The number of carbonyl (C=O) groups excluding carboxylic acids is 1. The number of methoxy groups -OCH3 is 2. The van der Waals surface area contributed by atoms with Crippen molar-refractivity contribution < 1.29 is 14.3 Å². The molecule has 0 saturated carbocycles. The van der Waals surface area contributed by atoms with Crippen LogP contribution in [0.25, 0.3) is 0 Å². The molecule has 1 aromatic rings. The van der Waals surface area contributed by atoms with Crippen LogP contribution in [-0.4, -0.2) is 30.2 Å². The van der Waals surface area contributed by atoms with Crippen molar-refractivity contribution in [1.29, 1.82) is 0 Å². The van der Waals surface area contributed by atoms with Gasteiger partial charge in [-0.1, -0.05) is 0 Å². The fraction of sp³-hybridized carbons (Fsp3) is 0.286. The topological polar surface area (TPSA) is 61.3 Å². The van der Waals surface area contributed by atoms with Gasteiger partial charge in [0, 0.05) is 28.7 Å². The summed E-state index contributed by atoms with van der Waals surface area (Å²) < 4.78 is 9.81. The minimum atomic E-state index is -0.501. The fourth-order valence-corrected chi connectivity index (χ4v) is 1.21. The molecule has 1 heterocycles. The standard InChI is InChI=1S/C7H7IN2O3/c1-12-5-3-4(6(11)13-2)9-7(8)10-5/h3H,1-2H3. The highest BCUT2D eigenvalue weighted by atomic mass is 127. The molecule has 0 fully saturated rings. The maximum absolute atomic E-state index is 11.1. The lowest BCUT2D eigenvalue weighted by Crippen LogP contribution is -2.07. The van der Waals surface area contributed by atoms with E-state index >= 15 is 0 Å². The van der Waals surface area contributed by atoms with Gasteiger partial charge in [0.25, 0.3) is 0 Å². The molecule has 0 bridgehead atoms. The van der Waals surface area contributed by atoms with Crippen molar-refractivity contribution in [2.75, 3.05) is 14.2 Å². The molecule has 0 atom stereocenters. The van der Waals surface area contributed by atoms with Gasteiger partial charge in [0.05, 0.1) is 14.2 Å². The average molecular weight is 294 g/mol. The summed E-state index contributed by atoms with van der Waals surface area (Å²) >= 11 is 1.89. The second kappa shape index (κ2) is 4.35. The van der Waals surface area contributed by atoms with Crippen molar-refractivity contribution in [3.05, 3.63) is 15.6 Å². The predicted octanol–water partition coefficient (Wildman–Crippen LogP) is 0.876. The van der Waals surface area contributed by atoms with E-state index in [1.54, 1.807) is 0 Å². The molecule has 1 rings (SSSR count). The molecule has 1 aromatic heterocycles. The summed E-state index contributed by atoms with van der Waals surface area (Å²) in [6, 6.07) is 1.42. The minimum absolute atomic E-state index is 0.193. The first-order valence-electron chi connectivity index (χ1n) is 3.34.